The third-order valence-corrected chi connectivity index (χ3v) is 6.39. The quantitative estimate of drug-likeness (QED) is 0.538. The molecule has 0 saturated heterocycles. The van der Waals surface area contributed by atoms with E-state index >= 15 is 0 Å². The van der Waals surface area contributed by atoms with E-state index in [-0.39, 0.29) is 5.91 Å². The summed E-state index contributed by atoms with van der Waals surface area (Å²) in [5.41, 5.74) is 1.01. The molecule has 0 fully saturated rings. The molecule has 0 atom stereocenters. The molecule has 0 unspecified atom stereocenters. The Kier molecular flexibility index (Phi) is 6.71. The van der Waals surface area contributed by atoms with Gasteiger partial charge in [0.05, 0.1) is 34.5 Å². The first kappa shape index (κ1) is 18.9. The van der Waals surface area contributed by atoms with Crippen molar-refractivity contribution in [3.8, 4) is 16.3 Å². The Morgan fingerprint density at radius 2 is 2.04 bits per heavy atom. The number of nitrogens with one attached hydrogen (secondary N) is 1. The average molecular weight is 405 g/mol. The highest BCUT2D eigenvalue weighted by molar-refractivity contribution is 8.00. The molecular formula is C19H20N2O2S3. The van der Waals surface area contributed by atoms with E-state index in [1.54, 1.807) is 22.7 Å². The Labute approximate surface area is 165 Å². The molecule has 0 aliphatic carbocycles. The van der Waals surface area contributed by atoms with Crippen LogP contribution in [0, 0.1) is 6.92 Å². The normalized spacial score (nSPS) is 10.7. The predicted octanol–water partition coefficient (Wildman–Crippen LogP) is 4.99. The van der Waals surface area contributed by atoms with Crippen molar-refractivity contribution >= 4 is 40.3 Å². The highest BCUT2D eigenvalue weighted by atomic mass is 32.2. The third kappa shape index (κ3) is 5.33. The summed E-state index contributed by atoms with van der Waals surface area (Å²) in [5, 5.41) is 6.11. The van der Waals surface area contributed by atoms with Crippen molar-refractivity contribution in [2.45, 2.75) is 25.3 Å². The number of hydrogen-bond donors (Lipinski definition) is 1. The van der Waals surface area contributed by atoms with E-state index < -0.39 is 0 Å². The van der Waals surface area contributed by atoms with Crippen LogP contribution >= 0.6 is 34.4 Å². The lowest BCUT2D eigenvalue weighted by Crippen LogP contribution is -2.24. The maximum Gasteiger partial charge on any atom is 0.230 e. The lowest BCUT2D eigenvalue weighted by atomic mass is 10.3. The summed E-state index contributed by atoms with van der Waals surface area (Å²) in [7, 11) is 0. The average Bonchev–Trinajstić information content (AvgIpc) is 3.28. The molecule has 2 aromatic heterocycles. The molecule has 2 heterocycles. The summed E-state index contributed by atoms with van der Waals surface area (Å²) in [6.45, 7) is 5.17. The van der Waals surface area contributed by atoms with Gasteiger partial charge in [0.25, 0.3) is 0 Å². The standard InChI is InChI=1S/C19H20N2O2S3/c1-3-23-14-4-6-15(7-5-14)25-12-19(22)20-10-16-8-9-18(26-16)17-11-24-13(2)21-17/h4-9,11H,3,10,12H2,1-2H3,(H,20,22). The molecule has 0 aliphatic heterocycles. The minimum absolute atomic E-state index is 0.0309. The van der Waals surface area contributed by atoms with E-state index in [1.807, 2.05) is 38.1 Å². The zero-order valence-electron chi connectivity index (χ0n) is 14.7. The molecule has 7 heteroatoms. The molecule has 1 N–H and O–H groups in total. The Morgan fingerprint density at radius 1 is 1.23 bits per heavy atom. The van der Waals surface area contributed by atoms with Gasteiger partial charge in [-0.05, 0) is 50.2 Å². The van der Waals surface area contributed by atoms with Crippen molar-refractivity contribution in [2.24, 2.45) is 0 Å². The van der Waals surface area contributed by atoms with E-state index in [9.17, 15) is 4.79 Å². The number of aryl methyl sites for hydroxylation is 1. The predicted molar refractivity (Wildman–Crippen MR) is 110 cm³/mol. The van der Waals surface area contributed by atoms with E-state index in [4.69, 9.17) is 4.74 Å². The van der Waals surface area contributed by atoms with Crippen LogP contribution in [0.1, 0.15) is 16.8 Å². The number of rotatable bonds is 8. The fraction of sp³-hybridized carbons (Fsp3) is 0.263. The minimum Gasteiger partial charge on any atom is -0.494 e. The van der Waals surface area contributed by atoms with Crippen LogP contribution < -0.4 is 10.1 Å². The van der Waals surface area contributed by atoms with Crippen molar-refractivity contribution in [1.29, 1.82) is 0 Å². The molecule has 26 heavy (non-hydrogen) atoms. The number of amides is 1. The number of carbonyl (C=O) groups excluding carboxylic acids is 1. The molecule has 1 amide bonds. The van der Waals surface area contributed by atoms with Crippen LogP contribution in [0.15, 0.2) is 46.7 Å². The monoisotopic (exact) mass is 404 g/mol. The molecule has 0 aliphatic rings. The van der Waals surface area contributed by atoms with Crippen LogP contribution in [0.5, 0.6) is 5.75 Å². The SMILES string of the molecule is CCOc1ccc(SCC(=O)NCc2ccc(-c3csc(C)n3)s2)cc1. The second-order valence-electron chi connectivity index (χ2n) is 5.49. The van der Waals surface area contributed by atoms with Gasteiger partial charge in [0, 0.05) is 15.2 Å². The summed E-state index contributed by atoms with van der Waals surface area (Å²) < 4.78 is 5.42. The van der Waals surface area contributed by atoms with Crippen molar-refractivity contribution in [1.82, 2.24) is 10.3 Å². The van der Waals surface area contributed by atoms with Crippen molar-refractivity contribution in [2.75, 3.05) is 12.4 Å². The smallest absolute Gasteiger partial charge is 0.230 e. The van der Waals surface area contributed by atoms with Crippen molar-refractivity contribution < 1.29 is 9.53 Å². The number of aromatic nitrogens is 1. The van der Waals surface area contributed by atoms with E-state index in [0.717, 1.165) is 31.1 Å². The Hall–Kier alpha value is -1.83. The van der Waals surface area contributed by atoms with E-state index in [1.165, 1.54) is 11.8 Å². The topological polar surface area (TPSA) is 51.2 Å². The first-order valence-corrected chi connectivity index (χ1v) is 11.0. The Morgan fingerprint density at radius 3 is 2.73 bits per heavy atom. The largest absolute Gasteiger partial charge is 0.494 e. The third-order valence-electron chi connectivity index (χ3n) is 3.50. The van der Waals surface area contributed by atoms with Gasteiger partial charge in [-0.2, -0.15) is 0 Å². The molecule has 0 spiro atoms. The number of nitrogens with zero attached hydrogens (tertiary/aromatic N) is 1. The van der Waals surface area contributed by atoms with Crippen molar-refractivity contribution in [3.63, 3.8) is 0 Å². The molecule has 0 radical (unpaired) electrons. The Balaban J connectivity index is 1.44. The van der Waals surface area contributed by atoms with Gasteiger partial charge in [-0.15, -0.1) is 34.4 Å². The number of hydrogen-bond acceptors (Lipinski definition) is 6. The van der Waals surface area contributed by atoms with Gasteiger partial charge in [0.1, 0.15) is 5.75 Å². The van der Waals surface area contributed by atoms with Crippen LogP contribution in [0.2, 0.25) is 0 Å². The number of thiazole rings is 1. The highest BCUT2D eigenvalue weighted by Crippen LogP contribution is 2.29. The molecule has 4 nitrogen and oxygen atoms in total. The number of benzene rings is 1. The first-order valence-electron chi connectivity index (χ1n) is 8.27. The summed E-state index contributed by atoms with van der Waals surface area (Å²) in [6.07, 6.45) is 0. The number of thiophene rings is 1. The van der Waals surface area contributed by atoms with Gasteiger partial charge in [0.15, 0.2) is 0 Å². The van der Waals surface area contributed by atoms with Crippen LogP contribution in [0.25, 0.3) is 10.6 Å². The molecule has 3 rings (SSSR count). The van der Waals surface area contributed by atoms with Gasteiger partial charge < -0.3 is 10.1 Å². The molecule has 1 aromatic carbocycles. The second kappa shape index (κ2) is 9.21. The van der Waals surface area contributed by atoms with Crippen LogP contribution in [0.3, 0.4) is 0 Å². The minimum atomic E-state index is 0.0309. The van der Waals surface area contributed by atoms with Crippen LogP contribution in [-0.4, -0.2) is 23.3 Å². The number of ether oxygens (including phenoxy) is 1. The number of thioether (sulfide) groups is 1. The van der Waals surface area contributed by atoms with Crippen LogP contribution in [-0.2, 0) is 11.3 Å². The molecular weight excluding hydrogens is 384 g/mol. The molecule has 0 saturated carbocycles. The Bertz CT molecular complexity index is 856. The van der Waals surface area contributed by atoms with Gasteiger partial charge in [-0.3, -0.25) is 4.79 Å². The van der Waals surface area contributed by atoms with Gasteiger partial charge in [-0.25, -0.2) is 4.98 Å². The molecule has 3 aromatic rings. The zero-order chi connectivity index (χ0) is 18.4. The maximum absolute atomic E-state index is 12.1. The fourth-order valence-corrected chi connectivity index (χ4v) is 4.60. The summed E-state index contributed by atoms with van der Waals surface area (Å²) in [4.78, 5) is 19.9. The van der Waals surface area contributed by atoms with Gasteiger partial charge in [-0.1, -0.05) is 0 Å². The maximum atomic E-state index is 12.1. The van der Waals surface area contributed by atoms with Crippen molar-refractivity contribution in [3.05, 3.63) is 51.7 Å². The van der Waals surface area contributed by atoms with Crippen LogP contribution in [0.4, 0.5) is 0 Å². The zero-order valence-corrected chi connectivity index (χ0v) is 17.1. The first-order chi connectivity index (χ1) is 12.6. The summed E-state index contributed by atoms with van der Waals surface area (Å²) >= 11 is 4.84. The van der Waals surface area contributed by atoms with E-state index in [0.29, 0.717) is 18.9 Å². The van der Waals surface area contributed by atoms with E-state index in [2.05, 4.69) is 27.8 Å². The summed E-state index contributed by atoms with van der Waals surface area (Å²) in [5.74, 6) is 1.28. The number of carbonyl (C=O) groups is 1. The lowest BCUT2D eigenvalue weighted by molar-refractivity contribution is -0.118. The summed E-state index contributed by atoms with van der Waals surface area (Å²) in [6, 6.07) is 11.9. The second-order valence-corrected chi connectivity index (χ2v) is 8.77. The van der Waals surface area contributed by atoms with Gasteiger partial charge >= 0.3 is 0 Å². The molecule has 0 bridgehead atoms. The van der Waals surface area contributed by atoms with Gasteiger partial charge in [0.2, 0.25) is 5.91 Å². The lowest BCUT2D eigenvalue weighted by Gasteiger charge is -2.05. The fourth-order valence-electron chi connectivity index (χ4n) is 2.27. The molecule has 136 valence electrons. The highest BCUT2D eigenvalue weighted by Gasteiger charge is 2.08.